The third-order valence-corrected chi connectivity index (χ3v) is 6.21. The van der Waals surface area contributed by atoms with Crippen molar-refractivity contribution in [3.63, 3.8) is 0 Å². The number of nitrogens with zero attached hydrogens (tertiary/aromatic N) is 1. The summed E-state index contributed by atoms with van der Waals surface area (Å²) in [5.41, 5.74) is 3.50. The van der Waals surface area contributed by atoms with Crippen LogP contribution >= 0.6 is 27.9 Å². The molecule has 0 saturated heterocycles. The monoisotopic (exact) mass is 402 g/mol. The number of rotatable bonds is 3. The van der Waals surface area contributed by atoms with Gasteiger partial charge in [-0.15, -0.1) is 0 Å². The van der Waals surface area contributed by atoms with Crippen molar-refractivity contribution in [1.29, 1.82) is 0 Å². The predicted molar refractivity (Wildman–Crippen MR) is 103 cm³/mol. The first-order valence-corrected chi connectivity index (χ1v) is 9.91. The highest BCUT2D eigenvalue weighted by atomic mass is 79.9. The molecule has 124 valence electrons. The fraction of sp³-hybridized carbons (Fsp3) is 0.316. The SMILES string of the molecule is O=C(CN1Sc2ccccc2-c2cc(Br)ccc21)NC1CCCC1. The molecule has 1 amide bonds. The molecule has 0 bridgehead atoms. The number of amides is 1. The molecule has 2 aromatic rings. The van der Waals surface area contributed by atoms with E-state index in [4.69, 9.17) is 0 Å². The van der Waals surface area contributed by atoms with Crippen molar-refractivity contribution in [2.45, 2.75) is 36.6 Å². The Hall–Kier alpha value is -1.46. The van der Waals surface area contributed by atoms with Gasteiger partial charge >= 0.3 is 0 Å². The number of hydrogen-bond acceptors (Lipinski definition) is 3. The van der Waals surface area contributed by atoms with Gasteiger partial charge in [-0.25, -0.2) is 0 Å². The van der Waals surface area contributed by atoms with Crippen LogP contribution in [0.3, 0.4) is 0 Å². The lowest BCUT2D eigenvalue weighted by atomic mass is 10.0. The van der Waals surface area contributed by atoms with Crippen LogP contribution in [0.4, 0.5) is 5.69 Å². The molecule has 3 nitrogen and oxygen atoms in total. The molecule has 1 aliphatic carbocycles. The third-order valence-electron chi connectivity index (χ3n) is 4.62. The Kier molecular flexibility index (Phi) is 4.55. The van der Waals surface area contributed by atoms with Crippen molar-refractivity contribution in [2.24, 2.45) is 0 Å². The van der Waals surface area contributed by atoms with Gasteiger partial charge in [0.1, 0.15) is 6.54 Å². The first-order chi connectivity index (χ1) is 11.7. The van der Waals surface area contributed by atoms with Gasteiger partial charge in [0.05, 0.1) is 5.69 Å². The van der Waals surface area contributed by atoms with Crippen LogP contribution in [0.2, 0.25) is 0 Å². The molecule has 0 atom stereocenters. The normalized spacial score (nSPS) is 16.6. The molecule has 1 heterocycles. The highest BCUT2D eigenvalue weighted by Crippen LogP contribution is 2.46. The molecule has 0 aromatic heterocycles. The molecular formula is C19H19BrN2OS. The molecule has 0 unspecified atom stereocenters. The summed E-state index contributed by atoms with van der Waals surface area (Å²) in [5, 5.41) is 3.19. The molecule has 1 saturated carbocycles. The van der Waals surface area contributed by atoms with Crippen molar-refractivity contribution in [1.82, 2.24) is 5.32 Å². The van der Waals surface area contributed by atoms with Gasteiger partial charge < -0.3 is 9.62 Å². The van der Waals surface area contributed by atoms with E-state index in [0.717, 1.165) is 23.0 Å². The summed E-state index contributed by atoms with van der Waals surface area (Å²) in [6.45, 7) is 0.379. The maximum atomic E-state index is 12.5. The molecule has 2 aromatic carbocycles. The minimum absolute atomic E-state index is 0.114. The Morgan fingerprint density at radius 1 is 1.17 bits per heavy atom. The van der Waals surface area contributed by atoms with Crippen molar-refractivity contribution in [3.8, 4) is 11.1 Å². The van der Waals surface area contributed by atoms with Crippen molar-refractivity contribution >= 4 is 39.5 Å². The van der Waals surface area contributed by atoms with E-state index < -0.39 is 0 Å². The standard InChI is InChI=1S/C19H19BrN2OS/c20-13-9-10-17-16(11-13)15-7-3-4-8-18(15)24-22(17)12-19(23)21-14-5-1-2-6-14/h3-4,7-11,14H,1-2,5-6,12H2,(H,21,23). The third kappa shape index (κ3) is 3.20. The first-order valence-electron chi connectivity index (χ1n) is 8.34. The minimum atomic E-state index is 0.114. The van der Waals surface area contributed by atoms with E-state index in [-0.39, 0.29) is 5.91 Å². The summed E-state index contributed by atoms with van der Waals surface area (Å²) in [6.07, 6.45) is 4.69. The molecule has 2 aliphatic rings. The van der Waals surface area contributed by atoms with Crippen molar-refractivity contribution < 1.29 is 4.79 Å². The van der Waals surface area contributed by atoms with E-state index in [1.807, 2.05) is 12.1 Å². The van der Waals surface area contributed by atoms with Crippen LogP contribution in [0.25, 0.3) is 11.1 Å². The van der Waals surface area contributed by atoms with Crippen LogP contribution < -0.4 is 9.62 Å². The Balaban J connectivity index is 1.60. The highest BCUT2D eigenvalue weighted by Gasteiger charge is 2.26. The summed E-state index contributed by atoms with van der Waals surface area (Å²) < 4.78 is 3.16. The molecular weight excluding hydrogens is 384 g/mol. The Morgan fingerprint density at radius 3 is 2.79 bits per heavy atom. The van der Waals surface area contributed by atoms with Crippen LogP contribution in [0, 0.1) is 0 Å². The highest BCUT2D eigenvalue weighted by molar-refractivity contribution is 9.10. The first kappa shape index (κ1) is 16.0. The second-order valence-electron chi connectivity index (χ2n) is 6.33. The van der Waals surface area contributed by atoms with E-state index in [1.165, 1.54) is 28.9 Å². The molecule has 5 heteroatoms. The Labute approximate surface area is 155 Å². The second-order valence-corrected chi connectivity index (χ2v) is 8.31. The molecule has 1 aliphatic heterocycles. The second kappa shape index (κ2) is 6.81. The summed E-state index contributed by atoms with van der Waals surface area (Å²) in [7, 11) is 0. The molecule has 24 heavy (non-hydrogen) atoms. The van der Waals surface area contributed by atoms with Gasteiger partial charge in [0, 0.05) is 21.0 Å². The minimum Gasteiger partial charge on any atom is -0.352 e. The summed E-state index contributed by atoms with van der Waals surface area (Å²) in [4.78, 5) is 13.7. The van der Waals surface area contributed by atoms with E-state index in [2.05, 4.69) is 55.9 Å². The van der Waals surface area contributed by atoms with Crippen molar-refractivity contribution in [3.05, 3.63) is 46.9 Å². The zero-order valence-electron chi connectivity index (χ0n) is 13.3. The number of anilines is 1. The Bertz CT molecular complexity index is 774. The van der Waals surface area contributed by atoms with E-state index in [1.54, 1.807) is 11.9 Å². The summed E-state index contributed by atoms with van der Waals surface area (Å²) in [6, 6.07) is 15.0. The Morgan fingerprint density at radius 2 is 1.96 bits per heavy atom. The number of fused-ring (bicyclic) bond motifs is 3. The number of nitrogens with one attached hydrogen (secondary N) is 1. The lowest BCUT2D eigenvalue weighted by Gasteiger charge is -2.31. The van der Waals surface area contributed by atoms with Crippen LogP contribution in [0.1, 0.15) is 25.7 Å². The van der Waals surface area contributed by atoms with Gasteiger partial charge in [0.25, 0.3) is 0 Å². The maximum absolute atomic E-state index is 12.5. The van der Waals surface area contributed by atoms with Gasteiger partial charge in [-0.05, 0) is 54.6 Å². The number of benzene rings is 2. The van der Waals surface area contributed by atoms with Crippen LogP contribution in [-0.4, -0.2) is 18.5 Å². The molecule has 1 fully saturated rings. The maximum Gasteiger partial charge on any atom is 0.240 e. The fourth-order valence-corrected chi connectivity index (χ4v) is 4.92. The average Bonchev–Trinajstić information content (AvgIpc) is 3.07. The average molecular weight is 403 g/mol. The van der Waals surface area contributed by atoms with Crippen LogP contribution in [0.5, 0.6) is 0 Å². The quantitative estimate of drug-likeness (QED) is 0.732. The van der Waals surface area contributed by atoms with Crippen LogP contribution in [-0.2, 0) is 4.79 Å². The van der Waals surface area contributed by atoms with E-state index >= 15 is 0 Å². The van der Waals surface area contributed by atoms with Crippen molar-refractivity contribution in [2.75, 3.05) is 10.8 Å². The largest absolute Gasteiger partial charge is 0.352 e. The van der Waals surface area contributed by atoms with Gasteiger partial charge in [-0.3, -0.25) is 4.79 Å². The summed E-state index contributed by atoms with van der Waals surface area (Å²) in [5.74, 6) is 0.114. The number of hydrogen-bond donors (Lipinski definition) is 1. The molecule has 0 radical (unpaired) electrons. The number of carbonyl (C=O) groups is 1. The summed E-state index contributed by atoms with van der Waals surface area (Å²) >= 11 is 5.22. The molecule has 1 N–H and O–H groups in total. The van der Waals surface area contributed by atoms with E-state index in [9.17, 15) is 4.79 Å². The topological polar surface area (TPSA) is 32.3 Å². The lowest BCUT2D eigenvalue weighted by Crippen LogP contribution is -2.39. The smallest absolute Gasteiger partial charge is 0.240 e. The predicted octanol–water partition coefficient (Wildman–Crippen LogP) is 5.00. The van der Waals surface area contributed by atoms with Gasteiger partial charge in [0.2, 0.25) is 5.91 Å². The van der Waals surface area contributed by atoms with Crippen LogP contribution in [0.15, 0.2) is 51.8 Å². The fourth-order valence-electron chi connectivity index (χ4n) is 3.47. The van der Waals surface area contributed by atoms with Gasteiger partial charge in [-0.1, -0.05) is 47.0 Å². The zero-order valence-corrected chi connectivity index (χ0v) is 15.7. The van der Waals surface area contributed by atoms with E-state index in [0.29, 0.717) is 12.6 Å². The van der Waals surface area contributed by atoms with Gasteiger partial charge in [0.15, 0.2) is 0 Å². The number of carbonyl (C=O) groups excluding carboxylic acids is 1. The lowest BCUT2D eigenvalue weighted by molar-refractivity contribution is -0.120. The van der Waals surface area contributed by atoms with Gasteiger partial charge in [-0.2, -0.15) is 0 Å². The number of halogens is 1. The zero-order chi connectivity index (χ0) is 16.5. The molecule has 4 rings (SSSR count). The molecule has 0 spiro atoms.